The fourth-order valence-corrected chi connectivity index (χ4v) is 3.30. The SMILES string of the molecule is C/C(=N/O)[C@H](c1ccccc1)n1c(-c2ccccc2)c(C)[n+]([O-])c1C. The minimum Gasteiger partial charge on any atom is -0.711 e. The van der Waals surface area contributed by atoms with Gasteiger partial charge in [0.2, 0.25) is 0 Å². The fourth-order valence-electron chi connectivity index (χ4n) is 3.30. The van der Waals surface area contributed by atoms with Crippen LogP contribution in [0.25, 0.3) is 11.3 Å². The van der Waals surface area contributed by atoms with E-state index in [1.165, 1.54) is 0 Å². The van der Waals surface area contributed by atoms with Crippen molar-refractivity contribution in [3.63, 3.8) is 0 Å². The summed E-state index contributed by atoms with van der Waals surface area (Å²) in [5, 5.41) is 25.5. The monoisotopic (exact) mass is 335 g/mol. The van der Waals surface area contributed by atoms with Gasteiger partial charge < -0.3 is 10.4 Å². The zero-order valence-electron chi connectivity index (χ0n) is 14.5. The van der Waals surface area contributed by atoms with E-state index < -0.39 is 0 Å². The Hall–Kier alpha value is -3.08. The van der Waals surface area contributed by atoms with Crippen LogP contribution in [0.4, 0.5) is 0 Å². The van der Waals surface area contributed by atoms with E-state index in [0.717, 1.165) is 21.6 Å². The molecule has 128 valence electrons. The van der Waals surface area contributed by atoms with Crippen molar-refractivity contribution in [1.29, 1.82) is 0 Å². The van der Waals surface area contributed by atoms with Gasteiger partial charge in [0.15, 0.2) is 17.4 Å². The minimum absolute atomic E-state index is 0.365. The van der Waals surface area contributed by atoms with Crippen LogP contribution in [0.2, 0.25) is 0 Å². The number of hydrogen-bond acceptors (Lipinski definition) is 3. The van der Waals surface area contributed by atoms with Crippen LogP contribution in [-0.4, -0.2) is 15.5 Å². The second-order valence-corrected chi connectivity index (χ2v) is 6.07. The quantitative estimate of drug-likeness (QED) is 0.259. The highest BCUT2D eigenvalue weighted by Crippen LogP contribution is 2.31. The molecule has 5 heteroatoms. The number of hydrogen-bond donors (Lipinski definition) is 1. The van der Waals surface area contributed by atoms with Crippen LogP contribution >= 0.6 is 0 Å². The number of imidazole rings is 1. The summed E-state index contributed by atoms with van der Waals surface area (Å²) < 4.78 is 2.88. The van der Waals surface area contributed by atoms with Gasteiger partial charge >= 0.3 is 0 Å². The first-order valence-corrected chi connectivity index (χ1v) is 8.16. The zero-order valence-corrected chi connectivity index (χ0v) is 14.5. The minimum atomic E-state index is -0.365. The molecule has 1 atom stereocenters. The van der Waals surface area contributed by atoms with E-state index in [-0.39, 0.29) is 6.04 Å². The number of rotatable bonds is 4. The molecule has 1 heterocycles. The Morgan fingerprint density at radius 3 is 2.16 bits per heavy atom. The first-order chi connectivity index (χ1) is 12.1. The van der Waals surface area contributed by atoms with Gasteiger partial charge in [-0.05, 0) is 6.92 Å². The first kappa shape index (κ1) is 16.8. The van der Waals surface area contributed by atoms with Crippen LogP contribution in [-0.2, 0) is 0 Å². The molecule has 0 amide bonds. The molecule has 2 aromatic carbocycles. The van der Waals surface area contributed by atoms with Crippen LogP contribution in [0, 0.1) is 19.1 Å². The molecular formula is C20H21N3O2. The summed E-state index contributed by atoms with van der Waals surface area (Å²) in [6, 6.07) is 19.2. The lowest BCUT2D eigenvalue weighted by molar-refractivity contribution is -0.618. The van der Waals surface area contributed by atoms with Crippen LogP contribution in [0.3, 0.4) is 0 Å². The Morgan fingerprint density at radius 1 is 1.04 bits per heavy atom. The van der Waals surface area contributed by atoms with Gasteiger partial charge in [-0.25, -0.2) is 9.30 Å². The van der Waals surface area contributed by atoms with Crippen molar-refractivity contribution in [3.05, 3.63) is 83.0 Å². The molecule has 0 aliphatic carbocycles. The maximum atomic E-state index is 12.6. The predicted molar refractivity (Wildman–Crippen MR) is 97.8 cm³/mol. The molecule has 3 aromatic rings. The lowest BCUT2D eigenvalue weighted by Gasteiger charge is -2.17. The van der Waals surface area contributed by atoms with Crippen LogP contribution in [0.5, 0.6) is 0 Å². The molecule has 1 N–H and O–H groups in total. The molecule has 25 heavy (non-hydrogen) atoms. The summed E-state index contributed by atoms with van der Waals surface area (Å²) >= 11 is 0. The van der Waals surface area contributed by atoms with Crippen LogP contribution in [0.15, 0.2) is 65.8 Å². The lowest BCUT2D eigenvalue weighted by Crippen LogP contribution is -2.32. The second kappa shape index (κ2) is 6.81. The Labute approximate surface area is 147 Å². The molecule has 0 saturated carbocycles. The third kappa shape index (κ3) is 2.89. The smallest absolute Gasteiger partial charge is 0.257 e. The van der Waals surface area contributed by atoms with E-state index in [4.69, 9.17) is 0 Å². The fraction of sp³-hybridized carbons (Fsp3) is 0.200. The number of nitrogens with zero attached hydrogens (tertiary/aromatic N) is 3. The molecule has 0 fully saturated rings. The normalized spacial score (nSPS) is 13.0. The standard InChI is InChI=1S/C20H21N3O2/c1-14(21-24)19(17-10-6-4-7-11-17)22-16(3)23(25)15(2)20(22)18-12-8-5-9-13-18/h4-13,19,24H,1-3H3/b21-14-/t19-/m1/s1. The van der Waals surface area contributed by atoms with Gasteiger partial charge in [-0.3, -0.25) is 0 Å². The summed E-state index contributed by atoms with van der Waals surface area (Å²) in [7, 11) is 0. The van der Waals surface area contributed by atoms with Gasteiger partial charge in [-0.15, -0.1) is 0 Å². The van der Waals surface area contributed by atoms with E-state index in [1.54, 1.807) is 13.8 Å². The highest BCUT2D eigenvalue weighted by molar-refractivity contribution is 5.89. The van der Waals surface area contributed by atoms with E-state index in [1.807, 2.05) is 72.2 Å². The highest BCUT2D eigenvalue weighted by atomic mass is 16.5. The molecule has 5 nitrogen and oxygen atoms in total. The summed E-state index contributed by atoms with van der Waals surface area (Å²) in [6.45, 7) is 5.36. The summed E-state index contributed by atoms with van der Waals surface area (Å²) in [5.74, 6) is 0.549. The van der Waals surface area contributed by atoms with Gasteiger partial charge in [-0.1, -0.05) is 65.8 Å². The summed E-state index contributed by atoms with van der Waals surface area (Å²) in [5.41, 5.74) is 3.86. The van der Waals surface area contributed by atoms with Crippen LogP contribution < -0.4 is 4.73 Å². The molecule has 0 spiro atoms. The van der Waals surface area contributed by atoms with Crippen molar-refractivity contribution < 1.29 is 9.94 Å². The van der Waals surface area contributed by atoms with E-state index >= 15 is 0 Å². The number of aromatic nitrogens is 2. The molecule has 1 aromatic heterocycles. The Bertz CT molecular complexity index is 900. The molecule has 3 rings (SSSR count). The van der Waals surface area contributed by atoms with Crippen molar-refractivity contribution >= 4 is 5.71 Å². The first-order valence-electron chi connectivity index (χ1n) is 8.16. The van der Waals surface area contributed by atoms with E-state index in [9.17, 15) is 10.4 Å². The Kier molecular flexibility index (Phi) is 4.57. The average Bonchev–Trinajstić information content (AvgIpc) is 2.88. The molecule has 0 saturated heterocycles. The maximum absolute atomic E-state index is 12.6. The molecule has 0 aliphatic heterocycles. The molecule has 0 unspecified atom stereocenters. The summed E-state index contributed by atoms with van der Waals surface area (Å²) in [4.78, 5) is 0. The van der Waals surface area contributed by atoms with Gasteiger partial charge in [-0.2, -0.15) is 0 Å². The Morgan fingerprint density at radius 2 is 1.60 bits per heavy atom. The largest absolute Gasteiger partial charge is 0.711 e. The van der Waals surface area contributed by atoms with Crippen LogP contribution in [0.1, 0.15) is 30.0 Å². The van der Waals surface area contributed by atoms with Gasteiger partial charge in [0.05, 0.1) is 0 Å². The number of oxime groups is 1. The predicted octanol–water partition coefficient (Wildman–Crippen LogP) is 3.84. The van der Waals surface area contributed by atoms with Gasteiger partial charge in [0.25, 0.3) is 5.82 Å². The van der Waals surface area contributed by atoms with Crippen molar-refractivity contribution in [1.82, 2.24) is 4.57 Å². The highest BCUT2D eigenvalue weighted by Gasteiger charge is 2.32. The van der Waals surface area contributed by atoms with Crippen molar-refractivity contribution in [3.8, 4) is 11.3 Å². The summed E-state index contributed by atoms with van der Waals surface area (Å²) in [6.07, 6.45) is 0. The average molecular weight is 335 g/mol. The Balaban J connectivity index is 2.33. The van der Waals surface area contributed by atoms with Gasteiger partial charge in [0.1, 0.15) is 5.71 Å². The third-order valence-electron chi connectivity index (χ3n) is 4.50. The molecule has 0 aliphatic rings. The third-order valence-corrected chi connectivity index (χ3v) is 4.50. The molecule has 0 radical (unpaired) electrons. The number of benzene rings is 2. The van der Waals surface area contributed by atoms with Crippen molar-refractivity contribution in [2.45, 2.75) is 26.8 Å². The zero-order chi connectivity index (χ0) is 18.0. The van der Waals surface area contributed by atoms with Crippen molar-refractivity contribution in [2.24, 2.45) is 5.16 Å². The molecule has 0 bridgehead atoms. The van der Waals surface area contributed by atoms with E-state index in [0.29, 0.717) is 17.2 Å². The van der Waals surface area contributed by atoms with Crippen molar-refractivity contribution in [2.75, 3.05) is 0 Å². The topological polar surface area (TPSA) is 64.5 Å². The second-order valence-electron chi connectivity index (χ2n) is 6.07. The van der Waals surface area contributed by atoms with Gasteiger partial charge in [0, 0.05) is 25.0 Å². The lowest BCUT2D eigenvalue weighted by atomic mass is 10.0. The molecular weight excluding hydrogens is 314 g/mol. The maximum Gasteiger partial charge on any atom is 0.257 e. The van der Waals surface area contributed by atoms with E-state index in [2.05, 4.69) is 5.16 Å².